The molecule has 1 heterocycles. The summed E-state index contributed by atoms with van der Waals surface area (Å²) in [7, 11) is 0.111. The fourth-order valence-corrected chi connectivity index (χ4v) is 2.44. The SMILES string of the molecule is CN(C)c1nccc(S(=O)(=O)CCCl)n1. The zero-order valence-corrected chi connectivity index (χ0v) is 10.1. The number of hydrogen-bond donors (Lipinski definition) is 0. The highest BCUT2D eigenvalue weighted by Gasteiger charge is 2.16. The minimum Gasteiger partial charge on any atom is -0.347 e. The molecule has 0 spiro atoms. The van der Waals surface area contributed by atoms with Crippen molar-refractivity contribution in [2.45, 2.75) is 5.03 Å². The molecule has 1 rings (SSSR count). The van der Waals surface area contributed by atoms with Crippen molar-refractivity contribution in [1.82, 2.24) is 9.97 Å². The lowest BCUT2D eigenvalue weighted by Gasteiger charge is -2.10. The van der Waals surface area contributed by atoms with Crippen LogP contribution in [0.5, 0.6) is 0 Å². The van der Waals surface area contributed by atoms with Crippen molar-refractivity contribution in [3.05, 3.63) is 12.3 Å². The van der Waals surface area contributed by atoms with Gasteiger partial charge in [0.1, 0.15) is 0 Å². The monoisotopic (exact) mass is 249 g/mol. The molecule has 0 aliphatic rings. The van der Waals surface area contributed by atoms with Crippen molar-refractivity contribution < 1.29 is 8.42 Å². The molecule has 7 heteroatoms. The van der Waals surface area contributed by atoms with Gasteiger partial charge in [-0.25, -0.2) is 18.4 Å². The minimum atomic E-state index is -3.38. The molecule has 0 saturated heterocycles. The van der Waals surface area contributed by atoms with Gasteiger partial charge in [0.15, 0.2) is 14.9 Å². The van der Waals surface area contributed by atoms with Gasteiger partial charge in [-0.3, -0.25) is 0 Å². The molecule has 0 atom stereocenters. The third-order valence-electron chi connectivity index (χ3n) is 1.68. The molecule has 5 nitrogen and oxygen atoms in total. The standard InChI is InChI=1S/C8H12ClN3O2S/c1-12(2)8-10-5-3-7(11-8)15(13,14)6-4-9/h3,5H,4,6H2,1-2H3. The largest absolute Gasteiger partial charge is 0.347 e. The summed E-state index contributed by atoms with van der Waals surface area (Å²) < 4.78 is 23.2. The Hall–Kier alpha value is -0.880. The molecule has 0 aliphatic heterocycles. The zero-order chi connectivity index (χ0) is 11.5. The predicted octanol–water partition coefficient (Wildman–Crippen LogP) is 0.555. The van der Waals surface area contributed by atoms with Gasteiger partial charge in [0.2, 0.25) is 5.95 Å². The maximum Gasteiger partial charge on any atom is 0.225 e. The first kappa shape index (κ1) is 12.2. The topological polar surface area (TPSA) is 63.2 Å². The van der Waals surface area contributed by atoms with E-state index in [1.54, 1.807) is 19.0 Å². The Morgan fingerprint density at radius 3 is 2.67 bits per heavy atom. The summed E-state index contributed by atoms with van der Waals surface area (Å²) in [6.07, 6.45) is 1.42. The van der Waals surface area contributed by atoms with Gasteiger partial charge >= 0.3 is 0 Å². The van der Waals surface area contributed by atoms with Crippen LogP contribution in [0.3, 0.4) is 0 Å². The molecule has 0 N–H and O–H groups in total. The fraction of sp³-hybridized carbons (Fsp3) is 0.500. The third kappa shape index (κ3) is 3.04. The second kappa shape index (κ2) is 4.76. The number of aromatic nitrogens is 2. The minimum absolute atomic E-state index is 0.0156. The Labute approximate surface area is 94.0 Å². The van der Waals surface area contributed by atoms with E-state index in [0.29, 0.717) is 5.95 Å². The number of hydrogen-bond acceptors (Lipinski definition) is 5. The van der Waals surface area contributed by atoms with Crippen molar-refractivity contribution in [3.8, 4) is 0 Å². The summed E-state index contributed by atoms with van der Waals surface area (Å²) in [5.41, 5.74) is 0. The first-order valence-electron chi connectivity index (χ1n) is 4.26. The van der Waals surface area contributed by atoms with Crippen molar-refractivity contribution >= 4 is 27.4 Å². The Bertz CT molecular complexity index is 433. The highest BCUT2D eigenvalue weighted by atomic mass is 35.5. The molecule has 1 aromatic heterocycles. The van der Waals surface area contributed by atoms with Crippen LogP contribution in [-0.4, -0.2) is 44.1 Å². The first-order valence-corrected chi connectivity index (χ1v) is 6.45. The Kier molecular flexibility index (Phi) is 3.87. The van der Waals surface area contributed by atoms with Gasteiger partial charge in [-0.05, 0) is 6.07 Å². The molecule has 0 saturated carbocycles. The van der Waals surface area contributed by atoms with E-state index in [0.717, 1.165) is 0 Å². The maximum atomic E-state index is 11.6. The quantitative estimate of drug-likeness (QED) is 0.576. The summed E-state index contributed by atoms with van der Waals surface area (Å²) in [5, 5.41) is 0.0156. The first-order chi connectivity index (χ1) is 6.97. The van der Waals surface area contributed by atoms with Gasteiger partial charge in [-0.15, -0.1) is 11.6 Å². The van der Waals surface area contributed by atoms with Gasteiger partial charge in [-0.1, -0.05) is 0 Å². The summed E-state index contributed by atoms with van der Waals surface area (Å²) in [6, 6.07) is 1.37. The molecule has 0 aromatic carbocycles. The van der Waals surface area contributed by atoms with Gasteiger partial charge in [-0.2, -0.15) is 0 Å². The molecule has 0 amide bonds. The van der Waals surface area contributed by atoms with Crippen molar-refractivity contribution in [2.75, 3.05) is 30.6 Å². The number of rotatable bonds is 4. The highest BCUT2D eigenvalue weighted by molar-refractivity contribution is 7.91. The fourth-order valence-electron chi connectivity index (χ4n) is 0.927. The van der Waals surface area contributed by atoms with Crippen LogP contribution < -0.4 is 4.90 Å². The van der Waals surface area contributed by atoms with E-state index in [4.69, 9.17) is 11.6 Å². The molecular weight excluding hydrogens is 238 g/mol. The van der Waals surface area contributed by atoms with Gasteiger partial charge < -0.3 is 4.90 Å². The van der Waals surface area contributed by atoms with Crippen LogP contribution in [0, 0.1) is 0 Å². The van der Waals surface area contributed by atoms with Crippen LogP contribution in [0.1, 0.15) is 0 Å². The van der Waals surface area contributed by atoms with Crippen LogP contribution >= 0.6 is 11.6 Å². The van der Waals surface area contributed by atoms with Crippen molar-refractivity contribution in [1.29, 1.82) is 0 Å². The van der Waals surface area contributed by atoms with Crippen LogP contribution in [-0.2, 0) is 9.84 Å². The summed E-state index contributed by atoms with van der Waals surface area (Å²) in [6.45, 7) is 0. The Morgan fingerprint density at radius 2 is 2.13 bits per heavy atom. The van der Waals surface area contributed by atoms with Crippen LogP contribution in [0.15, 0.2) is 17.3 Å². The number of alkyl halides is 1. The normalized spacial score (nSPS) is 11.4. The number of nitrogens with zero attached hydrogens (tertiary/aromatic N) is 3. The number of sulfone groups is 1. The second-order valence-electron chi connectivity index (χ2n) is 3.10. The molecule has 84 valence electrons. The summed E-state index contributed by atoms with van der Waals surface area (Å²) in [4.78, 5) is 9.50. The maximum absolute atomic E-state index is 11.6. The van der Waals surface area contributed by atoms with Crippen LogP contribution in [0.2, 0.25) is 0 Å². The van der Waals surface area contributed by atoms with Crippen molar-refractivity contribution in [2.24, 2.45) is 0 Å². The molecule has 15 heavy (non-hydrogen) atoms. The van der Waals surface area contributed by atoms with Gasteiger partial charge in [0.25, 0.3) is 0 Å². The van der Waals surface area contributed by atoms with E-state index < -0.39 is 9.84 Å². The van der Waals surface area contributed by atoms with Crippen LogP contribution in [0.4, 0.5) is 5.95 Å². The molecular formula is C8H12ClN3O2S. The molecule has 0 aliphatic carbocycles. The lowest BCUT2D eigenvalue weighted by atomic mass is 10.6. The molecule has 1 aromatic rings. The van der Waals surface area contributed by atoms with E-state index in [-0.39, 0.29) is 16.7 Å². The second-order valence-corrected chi connectivity index (χ2v) is 5.53. The van der Waals surface area contributed by atoms with Crippen LogP contribution in [0.25, 0.3) is 0 Å². The van der Waals surface area contributed by atoms with E-state index in [1.165, 1.54) is 12.3 Å². The third-order valence-corrected chi connectivity index (χ3v) is 3.70. The molecule has 0 unspecified atom stereocenters. The summed E-state index contributed by atoms with van der Waals surface area (Å²) >= 11 is 5.41. The molecule has 0 fully saturated rings. The highest BCUT2D eigenvalue weighted by Crippen LogP contribution is 2.11. The van der Waals surface area contributed by atoms with E-state index in [9.17, 15) is 8.42 Å². The molecule has 0 bridgehead atoms. The predicted molar refractivity (Wildman–Crippen MR) is 59.1 cm³/mol. The van der Waals surface area contributed by atoms with Crippen molar-refractivity contribution in [3.63, 3.8) is 0 Å². The zero-order valence-electron chi connectivity index (χ0n) is 8.51. The van der Waals surface area contributed by atoms with E-state index in [2.05, 4.69) is 9.97 Å². The van der Waals surface area contributed by atoms with E-state index in [1.807, 2.05) is 0 Å². The Balaban J connectivity index is 3.11. The van der Waals surface area contributed by atoms with E-state index >= 15 is 0 Å². The molecule has 0 radical (unpaired) electrons. The average Bonchev–Trinajstić information content (AvgIpc) is 2.18. The lowest BCUT2D eigenvalue weighted by molar-refractivity contribution is 0.593. The smallest absolute Gasteiger partial charge is 0.225 e. The Morgan fingerprint density at radius 1 is 1.47 bits per heavy atom. The number of halogens is 1. The number of anilines is 1. The van der Waals surface area contributed by atoms with Gasteiger partial charge in [0, 0.05) is 26.2 Å². The van der Waals surface area contributed by atoms with Gasteiger partial charge in [0.05, 0.1) is 5.75 Å². The lowest BCUT2D eigenvalue weighted by Crippen LogP contribution is -2.16. The summed E-state index contributed by atoms with van der Waals surface area (Å²) in [5.74, 6) is 0.313. The average molecular weight is 250 g/mol.